The molecule has 1 N–H and O–H groups in total. The summed E-state index contributed by atoms with van der Waals surface area (Å²) in [6.45, 7) is -2.94. The minimum atomic E-state index is -4.64. The topological polar surface area (TPSA) is 57.6 Å². The molecule has 0 aliphatic heterocycles. The van der Waals surface area contributed by atoms with E-state index in [0.717, 1.165) is 0 Å². The van der Waals surface area contributed by atoms with Gasteiger partial charge in [-0.05, 0) is 0 Å². The van der Waals surface area contributed by atoms with Crippen LogP contribution in [0.15, 0.2) is 0 Å². The maximum Gasteiger partial charge on any atom is 0.402 e. The first-order valence-corrected chi connectivity index (χ1v) is 5.58. The average Bonchev–Trinajstić information content (AvgIpc) is 2.01. The second kappa shape index (κ2) is 5.15. The summed E-state index contributed by atoms with van der Waals surface area (Å²) in [5.41, 5.74) is 0. The van der Waals surface area contributed by atoms with Crippen molar-refractivity contribution in [3.63, 3.8) is 0 Å². The summed E-state index contributed by atoms with van der Waals surface area (Å²) in [6.07, 6.45) is -4.64. The Morgan fingerprint density at radius 1 is 1.36 bits per heavy atom. The maximum absolute atomic E-state index is 11.9. The van der Waals surface area contributed by atoms with E-state index in [1.165, 1.54) is 0 Å². The third-order valence-corrected chi connectivity index (χ3v) is 3.44. The smallest absolute Gasteiger partial charge is 0.395 e. The van der Waals surface area contributed by atoms with Crippen molar-refractivity contribution in [1.82, 2.24) is 4.31 Å². The first-order chi connectivity index (χ1) is 6.23. The molecule has 0 spiro atoms. The summed E-state index contributed by atoms with van der Waals surface area (Å²) in [5, 5.41) is 7.43. The molecule has 86 valence electrons. The predicted octanol–water partition coefficient (Wildman–Crippen LogP) is 0.369. The molecule has 0 aliphatic carbocycles. The second-order valence-electron chi connectivity index (χ2n) is 2.39. The molecule has 0 saturated carbocycles. The molecule has 4 nitrogen and oxygen atoms in total. The molecule has 0 heterocycles. The Kier molecular flexibility index (Phi) is 5.13. The molecule has 0 rings (SSSR count). The lowest BCUT2D eigenvalue weighted by Crippen LogP contribution is -2.41. The lowest BCUT2D eigenvalue weighted by atomic mass is 10.6. The van der Waals surface area contributed by atoms with Gasteiger partial charge in [0, 0.05) is 6.54 Å². The van der Waals surface area contributed by atoms with Gasteiger partial charge in [-0.1, -0.05) is 0 Å². The van der Waals surface area contributed by atoms with E-state index < -0.39 is 41.1 Å². The van der Waals surface area contributed by atoms with E-state index >= 15 is 0 Å². The highest BCUT2D eigenvalue weighted by molar-refractivity contribution is 7.90. The number of aliphatic hydroxyl groups excluding tert-OH is 1. The molecular formula is C5H9ClF3NO3S. The highest BCUT2D eigenvalue weighted by Gasteiger charge is 2.35. The van der Waals surface area contributed by atoms with Gasteiger partial charge in [-0.15, -0.1) is 11.6 Å². The number of hydrogen-bond donors (Lipinski definition) is 1. The molecule has 0 radical (unpaired) electrons. The van der Waals surface area contributed by atoms with Gasteiger partial charge >= 0.3 is 6.18 Å². The number of nitrogens with zero attached hydrogens (tertiary/aromatic N) is 1. The lowest BCUT2D eigenvalue weighted by Gasteiger charge is -2.20. The lowest BCUT2D eigenvalue weighted by molar-refractivity contribution is -0.136. The van der Waals surface area contributed by atoms with E-state index in [4.69, 9.17) is 16.7 Å². The summed E-state index contributed by atoms with van der Waals surface area (Å²) in [7, 11) is -4.14. The van der Waals surface area contributed by atoms with Crippen molar-refractivity contribution in [3.05, 3.63) is 0 Å². The van der Waals surface area contributed by atoms with E-state index in [1.807, 2.05) is 0 Å². The maximum atomic E-state index is 11.9. The number of hydrogen-bond acceptors (Lipinski definition) is 3. The van der Waals surface area contributed by atoms with Crippen LogP contribution in [0.5, 0.6) is 0 Å². The molecule has 0 aromatic carbocycles. The molecule has 14 heavy (non-hydrogen) atoms. The van der Waals surface area contributed by atoms with E-state index in [-0.39, 0.29) is 4.31 Å². The quantitative estimate of drug-likeness (QED) is 0.722. The highest BCUT2D eigenvalue weighted by Crippen LogP contribution is 2.18. The largest absolute Gasteiger partial charge is 0.402 e. The summed E-state index contributed by atoms with van der Waals surface area (Å²) in [6, 6.07) is 0. The van der Waals surface area contributed by atoms with Crippen molar-refractivity contribution < 1.29 is 26.7 Å². The average molecular weight is 256 g/mol. The Morgan fingerprint density at radius 2 is 1.86 bits per heavy atom. The highest BCUT2D eigenvalue weighted by atomic mass is 35.5. The fourth-order valence-electron chi connectivity index (χ4n) is 0.697. The van der Waals surface area contributed by atoms with Crippen LogP contribution < -0.4 is 0 Å². The Morgan fingerprint density at radius 3 is 2.14 bits per heavy atom. The summed E-state index contributed by atoms with van der Waals surface area (Å²) < 4.78 is 57.6. The van der Waals surface area contributed by atoms with Crippen LogP contribution >= 0.6 is 11.6 Å². The monoisotopic (exact) mass is 255 g/mol. The van der Waals surface area contributed by atoms with Gasteiger partial charge in [-0.3, -0.25) is 0 Å². The molecular weight excluding hydrogens is 247 g/mol. The number of sulfonamides is 1. The third-order valence-electron chi connectivity index (χ3n) is 1.24. The van der Waals surface area contributed by atoms with Gasteiger partial charge in [-0.2, -0.15) is 17.5 Å². The zero-order chi connectivity index (χ0) is 11.4. The van der Waals surface area contributed by atoms with E-state index in [0.29, 0.717) is 0 Å². The van der Waals surface area contributed by atoms with Crippen LogP contribution in [0.4, 0.5) is 13.2 Å². The molecule has 0 aliphatic rings. The molecule has 0 unspecified atom stereocenters. The molecule has 0 fully saturated rings. The molecule has 0 amide bonds. The predicted molar refractivity (Wildman–Crippen MR) is 44.4 cm³/mol. The molecule has 0 aromatic rings. The Balaban J connectivity index is 4.62. The van der Waals surface area contributed by atoms with E-state index in [1.54, 1.807) is 0 Å². The van der Waals surface area contributed by atoms with Crippen LogP contribution in [0.25, 0.3) is 0 Å². The summed E-state index contributed by atoms with van der Waals surface area (Å²) in [5.74, 6) is 0. The van der Waals surface area contributed by atoms with Gasteiger partial charge in [0.1, 0.15) is 11.8 Å². The van der Waals surface area contributed by atoms with E-state index in [9.17, 15) is 21.6 Å². The summed E-state index contributed by atoms with van der Waals surface area (Å²) in [4.78, 5) is 0. The molecule has 9 heteroatoms. The van der Waals surface area contributed by atoms with Crippen LogP contribution in [0, 0.1) is 0 Å². The number of alkyl halides is 4. The van der Waals surface area contributed by atoms with E-state index in [2.05, 4.69) is 0 Å². The van der Waals surface area contributed by atoms with Crippen molar-refractivity contribution >= 4 is 21.6 Å². The van der Waals surface area contributed by atoms with Crippen LogP contribution in [0.1, 0.15) is 0 Å². The Bertz CT molecular complexity index is 266. The van der Waals surface area contributed by atoms with Crippen LogP contribution in [-0.4, -0.2) is 48.9 Å². The van der Waals surface area contributed by atoms with Crippen molar-refractivity contribution in [1.29, 1.82) is 0 Å². The van der Waals surface area contributed by atoms with Gasteiger partial charge in [0.2, 0.25) is 10.0 Å². The van der Waals surface area contributed by atoms with Crippen LogP contribution in [-0.2, 0) is 10.0 Å². The van der Waals surface area contributed by atoms with Gasteiger partial charge in [0.15, 0.2) is 0 Å². The van der Waals surface area contributed by atoms with Gasteiger partial charge < -0.3 is 5.11 Å². The minimum absolute atomic E-state index is 0.0972. The van der Waals surface area contributed by atoms with Crippen LogP contribution in [0.2, 0.25) is 0 Å². The summed E-state index contributed by atoms with van der Waals surface area (Å²) >= 11 is 4.97. The van der Waals surface area contributed by atoms with Crippen molar-refractivity contribution in [2.24, 2.45) is 0 Å². The molecule has 0 saturated heterocycles. The van der Waals surface area contributed by atoms with Gasteiger partial charge in [-0.25, -0.2) is 8.42 Å². The zero-order valence-corrected chi connectivity index (χ0v) is 8.53. The first kappa shape index (κ1) is 13.9. The molecule has 0 bridgehead atoms. The van der Waals surface area contributed by atoms with Crippen LogP contribution in [0.3, 0.4) is 0 Å². The Hall–Kier alpha value is -0.0500. The fourth-order valence-corrected chi connectivity index (χ4v) is 1.95. The normalized spacial score (nSPS) is 13.6. The fraction of sp³-hybridized carbons (Fsp3) is 1.00. The van der Waals surface area contributed by atoms with Crippen molar-refractivity contribution in [2.75, 3.05) is 24.9 Å². The SMILES string of the molecule is O=S(=O)(CCl)N(CCO)CC(F)(F)F. The number of rotatable bonds is 5. The molecule has 0 atom stereocenters. The second-order valence-corrected chi connectivity index (χ2v) is 4.95. The standard InChI is InChI=1S/C5H9ClF3NO3S/c6-4-14(12,13)10(1-2-11)3-5(7,8)9/h11H,1-4H2. The zero-order valence-electron chi connectivity index (χ0n) is 6.96. The number of halogens is 4. The van der Waals surface area contributed by atoms with Crippen molar-refractivity contribution in [3.8, 4) is 0 Å². The van der Waals surface area contributed by atoms with Gasteiger partial charge in [0.25, 0.3) is 0 Å². The van der Waals surface area contributed by atoms with Gasteiger partial charge in [0.05, 0.1) is 6.61 Å². The molecule has 0 aromatic heterocycles. The first-order valence-electron chi connectivity index (χ1n) is 3.44. The number of aliphatic hydroxyl groups is 1. The third kappa shape index (κ3) is 4.99. The Labute approximate surface area is 84.3 Å². The minimum Gasteiger partial charge on any atom is -0.395 e. The van der Waals surface area contributed by atoms with Crippen molar-refractivity contribution in [2.45, 2.75) is 6.18 Å².